The van der Waals surface area contributed by atoms with Gasteiger partial charge in [0.05, 0.1) is 16.6 Å². The first kappa shape index (κ1) is 14.2. The van der Waals surface area contributed by atoms with Crippen molar-refractivity contribution in [3.8, 4) is 0 Å². The summed E-state index contributed by atoms with van der Waals surface area (Å²) < 4.78 is 18.2. The Balaban J connectivity index is 1.59. The van der Waals surface area contributed by atoms with Crippen LogP contribution in [0.1, 0.15) is 46.0 Å². The molecule has 5 rings (SSSR count). The predicted octanol–water partition coefficient (Wildman–Crippen LogP) is 1.71. The summed E-state index contributed by atoms with van der Waals surface area (Å²) in [5.41, 5.74) is -0.477. The minimum Gasteiger partial charge on any atom is -0.368 e. The van der Waals surface area contributed by atoms with E-state index < -0.39 is 10.8 Å². The molecular formula is C16H25NO3S. The molecule has 2 bridgehead atoms. The van der Waals surface area contributed by atoms with Crippen molar-refractivity contribution in [1.82, 2.24) is 4.90 Å². The monoisotopic (exact) mass is 311 g/mol. The lowest BCUT2D eigenvalue weighted by atomic mass is 9.51. The maximum Gasteiger partial charge on any atom is 0.231 e. The van der Waals surface area contributed by atoms with Crippen LogP contribution in [0.25, 0.3) is 0 Å². The number of amides is 1. The largest absolute Gasteiger partial charge is 0.368 e. The highest BCUT2D eigenvalue weighted by molar-refractivity contribution is 7.85. The Labute approximate surface area is 129 Å². The number of nitrogens with zero attached hydrogens (tertiary/aromatic N) is 1. The van der Waals surface area contributed by atoms with Crippen LogP contribution >= 0.6 is 0 Å². The van der Waals surface area contributed by atoms with Crippen LogP contribution in [-0.2, 0) is 20.3 Å². The molecule has 1 amide bonds. The summed E-state index contributed by atoms with van der Waals surface area (Å²) in [4.78, 5) is 15.3. The first-order valence-corrected chi connectivity index (χ1v) is 9.72. The van der Waals surface area contributed by atoms with Crippen LogP contribution in [-0.4, -0.2) is 50.8 Å². The molecule has 0 aromatic heterocycles. The van der Waals surface area contributed by atoms with Crippen molar-refractivity contribution >= 4 is 16.7 Å². The standard InChI is InChI=1S/C16H25NO3S/c1-12-8-17(6-7-21(19)9-12)13(18)15-10-14(2,11-15)20-16(15)4-3-5-16/h12H,3-11H2,1-2H3. The molecule has 0 aromatic carbocycles. The highest BCUT2D eigenvalue weighted by Crippen LogP contribution is 2.72. The van der Waals surface area contributed by atoms with Crippen LogP contribution in [0.4, 0.5) is 0 Å². The van der Waals surface area contributed by atoms with E-state index in [1.54, 1.807) is 0 Å². The molecule has 118 valence electrons. The second-order valence-electron chi connectivity index (χ2n) is 8.00. The van der Waals surface area contributed by atoms with Gasteiger partial charge in [0.1, 0.15) is 0 Å². The van der Waals surface area contributed by atoms with E-state index >= 15 is 0 Å². The molecular weight excluding hydrogens is 286 g/mol. The quantitative estimate of drug-likeness (QED) is 0.740. The van der Waals surface area contributed by atoms with Crippen LogP contribution in [0.5, 0.6) is 0 Å². The fourth-order valence-corrected chi connectivity index (χ4v) is 6.56. The Hall–Kier alpha value is -0.420. The highest BCUT2D eigenvalue weighted by atomic mass is 32.2. The maximum absolute atomic E-state index is 13.3. The molecule has 2 saturated carbocycles. The third kappa shape index (κ3) is 1.83. The van der Waals surface area contributed by atoms with E-state index in [9.17, 15) is 9.00 Å². The topological polar surface area (TPSA) is 46.6 Å². The van der Waals surface area contributed by atoms with Gasteiger partial charge in [0.2, 0.25) is 5.91 Å². The lowest BCUT2D eigenvalue weighted by Crippen LogP contribution is -2.61. The van der Waals surface area contributed by atoms with Gasteiger partial charge in [0, 0.05) is 35.4 Å². The third-order valence-electron chi connectivity index (χ3n) is 6.11. The molecule has 2 atom stereocenters. The van der Waals surface area contributed by atoms with Crippen LogP contribution in [0.3, 0.4) is 0 Å². The summed E-state index contributed by atoms with van der Waals surface area (Å²) in [5.74, 6) is 2.00. The zero-order chi connectivity index (χ0) is 14.9. The predicted molar refractivity (Wildman–Crippen MR) is 81.4 cm³/mol. The van der Waals surface area contributed by atoms with Gasteiger partial charge in [0.15, 0.2) is 0 Å². The minimum absolute atomic E-state index is 0.0592. The van der Waals surface area contributed by atoms with Crippen LogP contribution in [0, 0.1) is 11.3 Å². The Morgan fingerprint density at radius 2 is 2.05 bits per heavy atom. The fraction of sp³-hybridized carbons (Fsp3) is 0.938. The first-order chi connectivity index (χ1) is 9.88. The third-order valence-corrected chi connectivity index (χ3v) is 7.69. The number of rotatable bonds is 1. The number of hydrogen-bond acceptors (Lipinski definition) is 3. The summed E-state index contributed by atoms with van der Waals surface area (Å²) >= 11 is 0. The molecule has 3 saturated heterocycles. The van der Waals surface area contributed by atoms with E-state index in [0.717, 1.165) is 38.0 Å². The van der Waals surface area contributed by atoms with E-state index in [0.29, 0.717) is 24.1 Å². The van der Waals surface area contributed by atoms with Gasteiger partial charge >= 0.3 is 0 Å². The van der Waals surface area contributed by atoms with Gasteiger partial charge in [-0.2, -0.15) is 0 Å². The van der Waals surface area contributed by atoms with Crippen LogP contribution < -0.4 is 0 Å². The van der Waals surface area contributed by atoms with Crippen molar-refractivity contribution in [3.63, 3.8) is 0 Å². The van der Waals surface area contributed by atoms with Gasteiger partial charge in [-0.25, -0.2) is 0 Å². The van der Waals surface area contributed by atoms with Gasteiger partial charge in [-0.05, 0) is 44.9 Å². The summed E-state index contributed by atoms with van der Waals surface area (Å²) in [6.07, 6.45) is 5.07. The molecule has 21 heavy (non-hydrogen) atoms. The van der Waals surface area contributed by atoms with Crippen molar-refractivity contribution in [3.05, 3.63) is 0 Å². The van der Waals surface area contributed by atoms with E-state index in [4.69, 9.17) is 4.74 Å². The second-order valence-corrected chi connectivity index (χ2v) is 9.62. The average molecular weight is 311 g/mol. The van der Waals surface area contributed by atoms with E-state index in [1.807, 2.05) is 4.90 Å². The highest BCUT2D eigenvalue weighted by Gasteiger charge is 2.78. The summed E-state index contributed by atoms with van der Waals surface area (Å²) in [5, 5.41) is 0. The van der Waals surface area contributed by atoms with Gasteiger partial charge in [-0.15, -0.1) is 0 Å². The molecule has 3 heterocycles. The smallest absolute Gasteiger partial charge is 0.231 e. The van der Waals surface area contributed by atoms with E-state index in [-0.39, 0.29) is 16.6 Å². The number of hydrogen-bond donors (Lipinski definition) is 0. The molecule has 2 aliphatic carbocycles. The zero-order valence-electron chi connectivity index (χ0n) is 13.0. The molecule has 1 spiro atoms. The van der Waals surface area contributed by atoms with Gasteiger partial charge in [0.25, 0.3) is 0 Å². The van der Waals surface area contributed by atoms with Crippen LogP contribution in [0.15, 0.2) is 0 Å². The molecule has 2 unspecified atom stereocenters. The number of ether oxygens (including phenoxy) is 1. The van der Waals surface area contributed by atoms with Crippen molar-refractivity contribution in [2.75, 3.05) is 24.6 Å². The van der Waals surface area contributed by atoms with Crippen molar-refractivity contribution in [2.24, 2.45) is 11.3 Å². The molecule has 0 N–H and O–H groups in total. The second kappa shape index (κ2) is 4.31. The molecule has 0 radical (unpaired) electrons. The number of carbonyl (C=O) groups is 1. The van der Waals surface area contributed by atoms with E-state index in [2.05, 4.69) is 13.8 Å². The Morgan fingerprint density at radius 3 is 2.67 bits per heavy atom. The van der Waals surface area contributed by atoms with Crippen molar-refractivity contribution < 1.29 is 13.7 Å². The Morgan fingerprint density at radius 1 is 1.33 bits per heavy atom. The molecule has 5 fully saturated rings. The van der Waals surface area contributed by atoms with Crippen molar-refractivity contribution in [2.45, 2.75) is 57.2 Å². The Kier molecular flexibility index (Phi) is 2.92. The summed E-state index contributed by atoms with van der Waals surface area (Å²) in [7, 11) is -0.768. The van der Waals surface area contributed by atoms with Gasteiger partial charge in [-0.3, -0.25) is 9.00 Å². The summed E-state index contributed by atoms with van der Waals surface area (Å²) in [6.45, 7) is 5.69. The Bertz CT molecular complexity index is 508. The van der Waals surface area contributed by atoms with Crippen LogP contribution in [0.2, 0.25) is 0 Å². The normalized spacial score (nSPS) is 47.6. The van der Waals surface area contributed by atoms with Gasteiger partial charge < -0.3 is 9.64 Å². The zero-order valence-corrected chi connectivity index (χ0v) is 13.8. The maximum atomic E-state index is 13.3. The molecule has 4 nitrogen and oxygen atoms in total. The molecule has 0 aromatic rings. The lowest BCUT2D eigenvalue weighted by Gasteiger charge is -2.51. The fourth-order valence-electron chi connectivity index (χ4n) is 5.23. The molecule has 5 aliphatic rings. The number of carbonyl (C=O) groups excluding carboxylic acids is 1. The van der Waals surface area contributed by atoms with Gasteiger partial charge in [-0.1, -0.05) is 6.92 Å². The summed E-state index contributed by atoms with van der Waals surface area (Å²) in [6, 6.07) is 0. The van der Waals surface area contributed by atoms with Crippen molar-refractivity contribution in [1.29, 1.82) is 0 Å². The molecule has 3 aliphatic heterocycles. The lowest BCUT2D eigenvalue weighted by molar-refractivity contribution is -0.157. The average Bonchev–Trinajstić information content (AvgIpc) is 2.70. The SMILES string of the molecule is CC1CN(C(=O)C23CC(C)(C2)OC32CCC2)CCS(=O)C1. The minimum atomic E-state index is -0.768. The molecule has 5 heteroatoms. The first-order valence-electron chi connectivity index (χ1n) is 8.23. The van der Waals surface area contributed by atoms with E-state index in [1.165, 1.54) is 6.42 Å².